The lowest BCUT2D eigenvalue weighted by Crippen LogP contribution is -2.29. The number of hydrogen-bond acceptors (Lipinski definition) is 4. The maximum absolute atomic E-state index is 12.7. The molecule has 1 aromatic heterocycles. The van der Waals surface area contributed by atoms with Gasteiger partial charge < -0.3 is 4.90 Å². The first-order chi connectivity index (χ1) is 11.9. The molecule has 0 radical (unpaired) electrons. The lowest BCUT2D eigenvalue weighted by Gasteiger charge is -2.19. The number of carbonyl (C=O) groups is 1. The van der Waals surface area contributed by atoms with Crippen LogP contribution in [0.5, 0.6) is 0 Å². The van der Waals surface area contributed by atoms with Crippen LogP contribution in [0.2, 0.25) is 0 Å². The molecule has 1 aliphatic rings. The predicted molar refractivity (Wildman–Crippen MR) is 99.3 cm³/mol. The largest absolute Gasteiger partial charge is 0.337 e. The highest BCUT2D eigenvalue weighted by Crippen LogP contribution is 2.23. The maximum atomic E-state index is 12.7. The van der Waals surface area contributed by atoms with Gasteiger partial charge >= 0.3 is 0 Å². The summed E-state index contributed by atoms with van der Waals surface area (Å²) < 4.78 is 26.9. The van der Waals surface area contributed by atoms with Crippen molar-refractivity contribution in [3.8, 4) is 0 Å². The van der Waals surface area contributed by atoms with Crippen molar-refractivity contribution in [2.24, 2.45) is 0 Å². The van der Waals surface area contributed by atoms with Gasteiger partial charge in [0.2, 0.25) is 10.0 Å². The first kappa shape index (κ1) is 18.1. The summed E-state index contributed by atoms with van der Waals surface area (Å²) in [5, 5.41) is 2.01. The molecule has 2 heterocycles. The highest BCUT2D eigenvalue weighted by molar-refractivity contribution is 7.89. The van der Waals surface area contributed by atoms with Crippen LogP contribution in [0.3, 0.4) is 0 Å². The van der Waals surface area contributed by atoms with Gasteiger partial charge in [-0.15, -0.1) is 11.3 Å². The van der Waals surface area contributed by atoms with E-state index in [1.165, 1.54) is 10.4 Å². The Bertz CT molecular complexity index is 868. The number of thiophene rings is 1. The smallest absolute Gasteiger partial charge is 0.253 e. The van der Waals surface area contributed by atoms with Gasteiger partial charge in [-0.25, -0.2) is 8.42 Å². The third-order valence-electron chi connectivity index (χ3n) is 4.48. The minimum Gasteiger partial charge on any atom is -0.337 e. The van der Waals surface area contributed by atoms with Crippen molar-refractivity contribution in [1.29, 1.82) is 0 Å². The van der Waals surface area contributed by atoms with Gasteiger partial charge in [-0.2, -0.15) is 4.31 Å². The summed E-state index contributed by atoms with van der Waals surface area (Å²) in [4.78, 5) is 15.7. The molecule has 25 heavy (non-hydrogen) atoms. The van der Waals surface area contributed by atoms with Gasteiger partial charge in [0.15, 0.2) is 0 Å². The zero-order valence-electron chi connectivity index (χ0n) is 14.4. The average Bonchev–Trinajstić information content (AvgIpc) is 3.27. The molecule has 0 aliphatic carbocycles. The molecular weight excluding hydrogens is 356 g/mol. The summed E-state index contributed by atoms with van der Waals surface area (Å²) in [6, 6.07) is 8.40. The number of hydrogen-bond donors (Lipinski definition) is 0. The number of sulfonamides is 1. The monoisotopic (exact) mass is 378 g/mol. The third kappa shape index (κ3) is 3.78. The van der Waals surface area contributed by atoms with E-state index in [0.29, 0.717) is 25.2 Å². The fourth-order valence-corrected chi connectivity index (χ4v) is 5.46. The Labute approximate surface area is 152 Å². The van der Waals surface area contributed by atoms with E-state index in [1.807, 2.05) is 18.4 Å². The van der Waals surface area contributed by atoms with Gasteiger partial charge in [0, 0.05) is 30.6 Å². The molecule has 5 nitrogen and oxygen atoms in total. The van der Waals surface area contributed by atoms with Crippen molar-refractivity contribution in [2.75, 3.05) is 20.1 Å². The lowest BCUT2D eigenvalue weighted by atomic mass is 10.2. The second kappa shape index (κ2) is 7.27. The van der Waals surface area contributed by atoms with Gasteiger partial charge in [-0.3, -0.25) is 4.79 Å². The van der Waals surface area contributed by atoms with Crippen LogP contribution in [0.15, 0.2) is 40.6 Å². The van der Waals surface area contributed by atoms with Crippen molar-refractivity contribution in [1.82, 2.24) is 9.21 Å². The van der Waals surface area contributed by atoms with Crippen molar-refractivity contribution in [3.63, 3.8) is 0 Å². The summed E-state index contributed by atoms with van der Waals surface area (Å²) in [5.41, 5.74) is 1.56. The second-order valence-electron chi connectivity index (χ2n) is 6.33. The number of rotatable bonds is 5. The molecule has 134 valence electrons. The molecule has 7 heteroatoms. The van der Waals surface area contributed by atoms with Gasteiger partial charge in [-0.05, 0) is 55.0 Å². The number of carbonyl (C=O) groups excluding carboxylic acids is 1. The Hall–Kier alpha value is -1.70. The Balaban J connectivity index is 1.81. The number of nitrogens with zero attached hydrogens (tertiary/aromatic N) is 2. The average molecular weight is 379 g/mol. The quantitative estimate of drug-likeness (QED) is 0.803. The summed E-state index contributed by atoms with van der Waals surface area (Å²) in [6.07, 6.45) is 1.78. The predicted octanol–water partition coefficient (Wildman–Crippen LogP) is 3.11. The second-order valence-corrected chi connectivity index (χ2v) is 9.27. The summed E-state index contributed by atoms with van der Waals surface area (Å²) in [7, 11) is -1.77. The molecule has 2 aromatic rings. The molecule has 0 N–H and O–H groups in total. The highest BCUT2D eigenvalue weighted by Gasteiger charge is 2.28. The molecular formula is C18H22N2O3S2. The van der Waals surface area contributed by atoms with E-state index >= 15 is 0 Å². The van der Waals surface area contributed by atoms with Gasteiger partial charge in [0.05, 0.1) is 11.4 Å². The van der Waals surface area contributed by atoms with E-state index in [4.69, 9.17) is 0 Å². The van der Waals surface area contributed by atoms with E-state index in [-0.39, 0.29) is 10.8 Å². The van der Waals surface area contributed by atoms with Crippen LogP contribution in [0, 0.1) is 6.92 Å². The van der Waals surface area contributed by atoms with Gasteiger partial charge in [0.25, 0.3) is 5.91 Å². The first-order valence-corrected chi connectivity index (χ1v) is 10.6. The zero-order valence-corrected chi connectivity index (χ0v) is 16.1. The summed E-state index contributed by atoms with van der Waals surface area (Å²) in [6.45, 7) is 3.65. The number of amides is 1. The van der Waals surface area contributed by atoms with Crippen molar-refractivity contribution >= 4 is 27.3 Å². The van der Waals surface area contributed by atoms with Crippen LogP contribution >= 0.6 is 11.3 Å². The molecule has 1 saturated heterocycles. The van der Waals surface area contributed by atoms with E-state index < -0.39 is 10.0 Å². The van der Waals surface area contributed by atoms with Crippen LogP contribution in [-0.2, 0) is 16.6 Å². The van der Waals surface area contributed by atoms with Crippen LogP contribution in [-0.4, -0.2) is 43.7 Å². The Morgan fingerprint density at radius 1 is 1.24 bits per heavy atom. The first-order valence-electron chi connectivity index (χ1n) is 8.28. The normalized spacial score (nSPS) is 15.4. The molecule has 1 fully saturated rings. The summed E-state index contributed by atoms with van der Waals surface area (Å²) in [5.74, 6) is -0.175. The van der Waals surface area contributed by atoms with Crippen LogP contribution < -0.4 is 0 Å². The topological polar surface area (TPSA) is 57.7 Å². The summed E-state index contributed by atoms with van der Waals surface area (Å²) >= 11 is 1.62. The number of benzene rings is 1. The molecule has 3 rings (SSSR count). The van der Waals surface area contributed by atoms with Crippen LogP contribution in [0.1, 0.15) is 33.6 Å². The Kier molecular flexibility index (Phi) is 5.27. The maximum Gasteiger partial charge on any atom is 0.253 e. The minimum atomic E-state index is -3.51. The van der Waals surface area contributed by atoms with Crippen LogP contribution in [0.25, 0.3) is 0 Å². The zero-order chi connectivity index (χ0) is 18.0. The van der Waals surface area contributed by atoms with Crippen molar-refractivity contribution < 1.29 is 13.2 Å². The fourth-order valence-electron chi connectivity index (χ4n) is 2.94. The molecule has 0 spiro atoms. The molecule has 0 unspecified atom stereocenters. The highest BCUT2D eigenvalue weighted by atomic mass is 32.2. The SMILES string of the molecule is Cc1ccsc1CN(C)C(=O)c1cccc(S(=O)(=O)N2CCCC2)c1. The lowest BCUT2D eigenvalue weighted by molar-refractivity contribution is 0.0786. The molecule has 1 amide bonds. The van der Waals surface area contributed by atoms with E-state index in [0.717, 1.165) is 23.3 Å². The third-order valence-corrected chi connectivity index (χ3v) is 7.38. The molecule has 1 aromatic carbocycles. The molecule has 0 saturated carbocycles. The molecule has 0 atom stereocenters. The number of aryl methyl sites for hydroxylation is 1. The van der Waals surface area contributed by atoms with Gasteiger partial charge in [-0.1, -0.05) is 6.07 Å². The van der Waals surface area contributed by atoms with Crippen molar-refractivity contribution in [2.45, 2.75) is 31.2 Å². The van der Waals surface area contributed by atoms with E-state index in [1.54, 1.807) is 41.5 Å². The van der Waals surface area contributed by atoms with E-state index in [2.05, 4.69) is 0 Å². The molecule has 0 bridgehead atoms. The Morgan fingerprint density at radius 3 is 2.60 bits per heavy atom. The standard InChI is InChI=1S/C18H22N2O3S2/c1-14-8-11-24-17(14)13-19(2)18(21)15-6-5-7-16(12-15)25(22,23)20-9-3-4-10-20/h5-8,11-12H,3-4,9-10,13H2,1-2H3. The minimum absolute atomic E-state index is 0.175. The van der Waals surface area contributed by atoms with Crippen molar-refractivity contribution in [3.05, 3.63) is 51.7 Å². The Morgan fingerprint density at radius 2 is 1.96 bits per heavy atom. The van der Waals surface area contributed by atoms with Gasteiger partial charge in [0.1, 0.15) is 0 Å². The van der Waals surface area contributed by atoms with E-state index in [9.17, 15) is 13.2 Å². The van der Waals surface area contributed by atoms with Crippen LogP contribution in [0.4, 0.5) is 0 Å². The molecule has 1 aliphatic heterocycles. The fraction of sp³-hybridized carbons (Fsp3) is 0.389.